The summed E-state index contributed by atoms with van der Waals surface area (Å²) in [4.78, 5) is 0. The molecule has 3 N–H and O–H groups in total. The highest BCUT2D eigenvalue weighted by atomic mass is 15.0. The SMILES string of the molecule is NC(NCc1ccccc1)C1CC1. The minimum Gasteiger partial charge on any atom is -0.316 e. The molecule has 70 valence electrons. The quantitative estimate of drug-likeness (QED) is 0.682. The van der Waals surface area contributed by atoms with Gasteiger partial charge in [0.25, 0.3) is 0 Å². The van der Waals surface area contributed by atoms with Crippen LogP contribution >= 0.6 is 0 Å². The van der Waals surface area contributed by atoms with Crippen molar-refractivity contribution in [2.24, 2.45) is 11.7 Å². The molecule has 0 radical (unpaired) electrons. The third kappa shape index (κ3) is 2.54. The van der Waals surface area contributed by atoms with E-state index in [1.165, 1.54) is 18.4 Å². The van der Waals surface area contributed by atoms with Crippen molar-refractivity contribution in [1.82, 2.24) is 5.32 Å². The second-order valence-electron chi connectivity index (χ2n) is 3.73. The lowest BCUT2D eigenvalue weighted by molar-refractivity contribution is 0.476. The summed E-state index contributed by atoms with van der Waals surface area (Å²) >= 11 is 0. The first kappa shape index (κ1) is 8.73. The van der Waals surface area contributed by atoms with Crippen molar-refractivity contribution in [2.75, 3.05) is 0 Å². The van der Waals surface area contributed by atoms with E-state index in [1.807, 2.05) is 6.07 Å². The zero-order chi connectivity index (χ0) is 9.10. The third-order valence-electron chi connectivity index (χ3n) is 2.51. The molecule has 0 spiro atoms. The van der Waals surface area contributed by atoms with E-state index in [-0.39, 0.29) is 6.17 Å². The largest absolute Gasteiger partial charge is 0.316 e. The minimum atomic E-state index is 0.195. The molecule has 1 aromatic carbocycles. The first-order valence-corrected chi connectivity index (χ1v) is 4.89. The van der Waals surface area contributed by atoms with Gasteiger partial charge in [0.05, 0.1) is 6.17 Å². The Morgan fingerprint density at radius 2 is 2.00 bits per heavy atom. The normalized spacial score (nSPS) is 18.5. The molecule has 2 nitrogen and oxygen atoms in total. The van der Waals surface area contributed by atoms with E-state index in [4.69, 9.17) is 5.73 Å². The lowest BCUT2D eigenvalue weighted by atomic mass is 10.2. The van der Waals surface area contributed by atoms with E-state index < -0.39 is 0 Å². The molecule has 1 aliphatic carbocycles. The zero-order valence-electron chi connectivity index (χ0n) is 7.74. The summed E-state index contributed by atoms with van der Waals surface area (Å²) in [5.74, 6) is 0.726. The minimum absolute atomic E-state index is 0.195. The molecule has 13 heavy (non-hydrogen) atoms. The first-order chi connectivity index (χ1) is 6.36. The second kappa shape index (κ2) is 3.90. The maximum Gasteiger partial charge on any atom is 0.0577 e. The van der Waals surface area contributed by atoms with E-state index in [0.29, 0.717) is 0 Å². The van der Waals surface area contributed by atoms with Crippen molar-refractivity contribution in [3.8, 4) is 0 Å². The van der Waals surface area contributed by atoms with Crippen molar-refractivity contribution in [1.29, 1.82) is 0 Å². The van der Waals surface area contributed by atoms with Crippen molar-refractivity contribution in [3.05, 3.63) is 35.9 Å². The fourth-order valence-electron chi connectivity index (χ4n) is 1.45. The van der Waals surface area contributed by atoms with E-state index in [2.05, 4.69) is 29.6 Å². The Morgan fingerprint density at radius 1 is 1.31 bits per heavy atom. The average Bonchev–Trinajstić information content (AvgIpc) is 2.99. The molecule has 0 aliphatic heterocycles. The fraction of sp³-hybridized carbons (Fsp3) is 0.455. The van der Waals surface area contributed by atoms with Gasteiger partial charge in [-0.1, -0.05) is 30.3 Å². The molecular weight excluding hydrogens is 160 g/mol. The standard InChI is InChI=1S/C11H16N2/c12-11(10-6-7-10)13-8-9-4-2-1-3-5-9/h1-5,10-11,13H,6-8,12H2. The third-order valence-corrected chi connectivity index (χ3v) is 2.51. The van der Waals surface area contributed by atoms with Gasteiger partial charge in [0.15, 0.2) is 0 Å². The maximum absolute atomic E-state index is 5.92. The molecule has 0 bridgehead atoms. The molecular formula is C11H16N2. The van der Waals surface area contributed by atoms with Crippen LogP contribution in [-0.2, 0) is 6.54 Å². The Bertz CT molecular complexity index is 254. The number of nitrogens with two attached hydrogens (primary N) is 1. The molecule has 1 unspecified atom stereocenters. The molecule has 0 heterocycles. The molecule has 0 amide bonds. The number of hydrogen-bond donors (Lipinski definition) is 2. The summed E-state index contributed by atoms with van der Waals surface area (Å²) < 4.78 is 0. The van der Waals surface area contributed by atoms with E-state index in [0.717, 1.165) is 12.5 Å². The second-order valence-corrected chi connectivity index (χ2v) is 3.73. The smallest absolute Gasteiger partial charge is 0.0577 e. The average molecular weight is 176 g/mol. The zero-order valence-corrected chi connectivity index (χ0v) is 7.74. The summed E-state index contributed by atoms with van der Waals surface area (Å²) in [6.07, 6.45) is 2.78. The van der Waals surface area contributed by atoms with Gasteiger partial charge in [-0.25, -0.2) is 0 Å². The van der Waals surface area contributed by atoms with Crippen LogP contribution in [0.4, 0.5) is 0 Å². The molecule has 0 aromatic heterocycles. The van der Waals surface area contributed by atoms with Gasteiger partial charge in [-0.15, -0.1) is 0 Å². The van der Waals surface area contributed by atoms with Gasteiger partial charge in [-0.2, -0.15) is 0 Å². The van der Waals surface area contributed by atoms with Gasteiger partial charge in [0.1, 0.15) is 0 Å². The summed E-state index contributed by atoms with van der Waals surface area (Å²) in [5.41, 5.74) is 7.22. The topological polar surface area (TPSA) is 38.0 Å². The molecule has 1 atom stereocenters. The van der Waals surface area contributed by atoms with Crippen LogP contribution in [-0.4, -0.2) is 6.17 Å². The van der Waals surface area contributed by atoms with Crippen molar-refractivity contribution in [3.63, 3.8) is 0 Å². The number of benzene rings is 1. The van der Waals surface area contributed by atoms with E-state index in [9.17, 15) is 0 Å². The maximum atomic E-state index is 5.92. The highest BCUT2D eigenvalue weighted by Gasteiger charge is 2.27. The molecule has 0 saturated heterocycles. The monoisotopic (exact) mass is 176 g/mol. The van der Waals surface area contributed by atoms with Gasteiger partial charge in [-0.05, 0) is 24.3 Å². The fourth-order valence-corrected chi connectivity index (χ4v) is 1.45. The van der Waals surface area contributed by atoms with Crippen LogP contribution in [0, 0.1) is 5.92 Å². The molecule has 1 saturated carbocycles. The van der Waals surface area contributed by atoms with Crippen LogP contribution in [0.25, 0.3) is 0 Å². The Balaban J connectivity index is 1.78. The summed E-state index contributed by atoms with van der Waals surface area (Å²) in [7, 11) is 0. The number of rotatable bonds is 4. The highest BCUT2D eigenvalue weighted by Crippen LogP contribution is 2.30. The molecule has 1 aliphatic rings. The Hall–Kier alpha value is -0.860. The van der Waals surface area contributed by atoms with Crippen LogP contribution in [0.15, 0.2) is 30.3 Å². The van der Waals surface area contributed by atoms with Crippen molar-refractivity contribution >= 4 is 0 Å². The highest BCUT2D eigenvalue weighted by molar-refractivity contribution is 5.14. The van der Waals surface area contributed by atoms with Gasteiger partial charge < -0.3 is 5.73 Å². The van der Waals surface area contributed by atoms with Crippen molar-refractivity contribution < 1.29 is 0 Å². The summed E-state index contributed by atoms with van der Waals surface area (Å²) in [6, 6.07) is 10.4. The van der Waals surface area contributed by atoms with Gasteiger partial charge >= 0.3 is 0 Å². The van der Waals surface area contributed by atoms with Crippen LogP contribution in [0.2, 0.25) is 0 Å². The van der Waals surface area contributed by atoms with Crippen LogP contribution < -0.4 is 11.1 Å². The van der Waals surface area contributed by atoms with Crippen LogP contribution in [0.1, 0.15) is 18.4 Å². The molecule has 2 rings (SSSR count). The lowest BCUT2D eigenvalue weighted by Crippen LogP contribution is -2.38. The van der Waals surface area contributed by atoms with Gasteiger partial charge in [0, 0.05) is 6.54 Å². The molecule has 1 fully saturated rings. The Labute approximate surface area is 79.1 Å². The predicted octanol–water partition coefficient (Wildman–Crippen LogP) is 1.47. The van der Waals surface area contributed by atoms with Crippen LogP contribution in [0.5, 0.6) is 0 Å². The number of nitrogens with one attached hydrogen (secondary N) is 1. The van der Waals surface area contributed by atoms with Gasteiger partial charge in [-0.3, -0.25) is 5.32 Å². The van der Waals surface area contributed by atoms with Gasteiger partial charge in [0.2, 0.25) is 0 Å². The summed E-state index contributed by atoms with van der Waals surface area (Å²) in [6.45, 7) is 0.887. The Kier molecular flexibility index (Phi) is 2.62. The van der Waals surface area contributed by atoms with Crippen molar-refractivity contribution in [2.45, 2.75) is 25.6 Å². The number of hydrogen-bond acceptors (Lipinski definition) is 2. The first-order valence-electron chi connectivity index (χ1n) is 4.89. The summed E-state index contributed by atoms with van der Waals surface area (Å²) in [5, 5.41) is 3.34. The van der Waals surface area contributed by atoms with E-state index >= 15 is 0 Å². The molecule has 1 aromatic rings. The lowest BCUT2D eigenvalue weighted by Gasteiger charge is -2.12. The predicted molar refractivity (Wildman–Crippen MR) is 54.0 cm³/mol. The van der Waals surface area contributed by atoms with E-state index in [1.54, 1.807) is 0 Å². The molecule has 2 heteroatoms. The van der Waals surface area contributed by atoms with Crippen LogP contribution in [0.3, 0.4) is 0 Å². The Morgan fingerprint density at radius 3 is 2.62 bits per heavy atom.